The van der Waals surface area contributed by atoms with E-state index in [9.17, 15) is 4.79 Å². The second-order valence-corrected chi connectivity index (χ2v) is 4.76. The molecule has 0 aliphatic carbocycles. The molecule has 0 aliphatic heterocycles. The Kier molecular flexibility index (Phi) is 5.79. The van der Waals surface area contributed by atoms with Crippen molar-refractivity contribution in [3.05, 3.63) is 70.7 Å². The molecule has 2 aromatic carbocycles. The minimum Gasteiger partial charge on any atom is -0.386 e. The second-order valence-electron chi connectivity index (χ2n) is 4.32. The van der Waals surface area contributed by atoms with E-state index in [0.29, 0.717) is 11.6 Å². The Bertz CT molecular complexity index is 597. The lowest BCUT2D eigenvalue weighted by Gasteiger charge is -2.04. The molecule has 0 aliphatic rings. The van der Waals surface area contributed by atoms with Crippen LogP contribution in [0.1, 0.15) is 11.1 Å². The Balaban J connectivity index is 1.68. The molecule has 2 rings (SSSR count). The molecule has 0 fully saturated rings. The zero-order valence-corrected chi connectivity index (χ0v) is 12.1. The maximum Gasteiger partial charge on any atom is 0.261 e. The predicted molar refractivity (Wildman–Crippen MR) is 83.3 cm³/mol. The van der Waals surface area contributed by atoms with Crippen molar-refractivity contribution in [3.63, 3.8) is 0 Å². The van der Waals surface area contributed by atoms with Crippen molar-refractivity contribution in [3.8, 4) is 0 Å². The van der Waals surface area contributed by atoms with E-state index in [1.54, 1.807) is 12.1 Å². The predicted octanol–water partition coefficient (Wildman–Crippen LogP) is 3.01. The highest BCUT2D eigenvalue weighted by atomic mass is 35.5. The van der Waals surface area contributed by atoms with Gasteiger partial charge in [0.15, 0.2) is 6.61 Å². The van der Waals surface area contributed by atoms with Crippen LogP contribution >= 0.6 is 11.6 Å². The number of rotatable bonds is 6. The Morgan fingerprint density at radius 1 is 1.14 bits per heavy atom. The molecule has 0 aromatic heterocycles. The third-order valence-electron chi connectivity index (χ3n) is 2.67. The summed E-state index contributed by atoms with van der Waals surface area (Å²) in [6.45, 7) is 0.362. The molecule has 108 valence electrons. The molecule has 0 atom stereocenters. The van der Waals surface area contributed by atoms with Gasteiger partial charge in [0.25, 0.3) is 5.91 Å². The first kappa shape index (κ1) is 15.1. The molecule has 0 saturated heterocycles. The van der Waals surface area contributed by atoms with Gasteiger partial charge in [-0.1, -0.05) is 59.2 Å². The maximum atomic E-state index is 11.5. The van der Waals surface area contributed by atoms with Gasteiger partial charge in [-0.15, -0.1) is 0 Å². The van der Waals surface area contributed by atoms with Crippen LogP contribution in [0.3, 0.4) is 0 Å². The third-order valence-corrected chi connectivity index (χ3v) is 2.93. The zero-order valence-electron chi connectivity index (χ0n) is 11.3. The fraction of sp³-hybridized carbons (Fsp3) is 0.125. The van der Waals surface area contributed by atoms with Crippen molar-refractivity contribution >= 4 is 23.7 Å². The van der Waals surface area contributed by atoms with Crippen LogP contribution < -0.4 is 5.32 Å². The number of hydrogen-bond acceptors (Lipinski definition) is 3. The minimum absolute atomic E-state index is 0.114. The molecule has 0 heterocycles. The van der Waals surface area contributed by atoms with Crippen LogP contribution in [0.25, 0.3) is 0 Å². The quantitative estimate of drug-likeness (QED) is 0.659. The smallest absolute Gasteiger partial charge is 0.261 e. The molecule has 0 spiro atoms. The van der Waals surface area contributed by atoms with E-state index in [1.807, 2.05) is 42.5 Å². The highest BCUT2D eigenvalue weighted by Crippen LogP contribution is 2.07. The van der Waals surface area contributed by atoms with Crippen molar-refractivity contribution in [2.75, 3.05) is 6.61 Å². The van der Waals surface area contributed by atoms with Crippen LogP contribution in [0.2, 0.25) is 5.02 Å². The molecule has 0 saturated carbocycles. The number of hydrogen-bond donors (Lipinski definition) is 1. The average Bonchev–Trinajstić information content (AvgIpc) is 2.52. The molecule has 0 bridgehead atoms. The van der Waals surface area contributed by atoms with E-state index in [4.69, 9.17) is 16.4 Å². The summed E-state index contributed by atoms with van der Waals surface area (Å²) in [5.74, 6) is -0.216. The third kappa shape index (κ3) is 5.67. The van der Waals surface area contributed by atoms with E-state index >= 15 is 0 Å². The van der Waals surface area contributed by atoms with Crippen LogP contribution in [0.5, 0.6) is 0 Å². The number of nitrogens with zero attached hydrogens (tertiary/aromatic N) is 1. The first-order chi connectivity index (χ1) is 10.2. The second kappa shape index (κ2) is 8.07. The largest absolute Gasteiger partial charge is 0.386 e. The lowest BCUT2D eigenvalue weighted by Crippen LogP contribution is -2.26. The lowest BCUT2D eigenvalue weighted by molar-refractivity contribution is -0.125. The number of carbonyl (C=O) groups is 1. The maximum absolute atomic E-state index is 11.5. The summed E-state index contributed by atoms with van der Waals surface area (Å²) < 4.78 is 0. The van der Waals surface area contributed by atoms with Gasteiger partial charge in [-0.2, -0.15) is 0 Å². The van der Waals surface area contributed by atoms with Gasteiger partial charge in [0.05, 0.1) is 6.21 Å². The topological polar surface area (TPSA) is 50.7 Å². The van der Waals surface area contributed by atoms with Crippen LogP contribution in [0, 0.1) is 0 Å². The van der Waals surface area contributed by atoms with Crippen molar-refractivity contribution in [1.82, 2.24) is 5.32 Å². The molecule has 4 nitrogen and oxygen atoms in total. The van der Waals surface area contributed by atoms with Crippen LogP contribution in [0.15, 0.2) is 59.8 Å². The van der Waals surface area contributed by atoms with Crippen LogP contribution in [0.4, 0.5) is 0 Å². The normalized spacial score (nSPS) is 10.5. The summed E-state index contributed by atoms with van der Waals surface area (Å²) in [4.78, 5) is 16.5. The van der Waals surface area contributed by atoms with Crippen molar-refractivity contribution in [2.45, 2.75) is 6.54 Å². The van der Waals surface area contributed by atoms with Gasteiger partial charge in [-0.05, 0) is 23.3 Å². The number of carbonyl (C=O) groups excluding carboxylic acids is 1. The molecule has 21 heavy (non-hydrogen) atoms. The van der Waals surface area contributed by atoms with Crippen molar-refractivity contribution in [1.29, 1.82) is 0 Å². The first-order valence-corrected chi connectivity index (χ1v) is 6.83. The Morgan fingerprint density at radius 3 is 2.57 bits per heavy atom. The summed E-state index contributed by atoms with van der Waals surface area (Å²) in [6, 6.07) is 16.8. The SMILES string of the molecule is O=C(CO/N=C/c1ccc(Cl)cc1)NCc1ccccc1. The van der Waals surface area contributed by atoms with E-state index in [2.05, 4.69) is 10.5 Å². The fourth-order valence-corrected chi connectivity index (χ4v) is 1.72. The fourth-order valence-electron chi connectivity index (χ4n) is 1.59. The molecule has 1 N–H and O–H groups in total. The van der Waals surface area contributed by atoms with E-state index in [-0.39, 0.29) is 12.5 Å². The molecular weight excluding hydrogens is 288 g/mol. The molecule has 0 radical (unpaired) electrons. The summed E-state index contributed by atoms with van der Waals surface area (Å²) in [6.07, 6.45) is 1.53. The Morgan fingerprint density at radius 2 is 1.86 bits per heavy atom. The molecule has 0 unspecified atom stereocenters. The Hall–Kier alpha value is -2.33. The van der Waals surface area contributed by atoms with Gasteiger partial charge < -0.3 is 10.2 Å². The highest BCUT2D eigenvalue weighted by Gasteiger charge is 2.00. The summed E-state index contributed by atoms with van der Waals surface area (Å²) in [5.41, 5.74) is 1.89. The van der Waals surface area contributed by atoms with Crippen LogP contribution in [-0.4, -0.2) is 18.7 Å². The average molecular weight is 303 g/mol. The van der Waals surface area contributed by atoms with Gasteiger partial charge in [-0.3, -0.25) is 4.79 Å². The summed E-state index contributed by atoms with van der Waals surface area (Å²) in [7, 11) is 0. The Labute approximate surface area is 128 Å². The van der Waals surface area contributed by atoms with Crippen molar-refractivity contribution < 1.29 is 9.63 Å². The van der Waals surface area contributed by atoms with Gasteiger partial charge >= 0.3 is 0 Å². The monoisotopic (exact) mass is 302 g/mol. The minimum atomic E-state index is -0.216. The van der Waals surface area contributed by atoms with Gasteiger partial charge in [0.2, 0.25) is 0 Å². The molecule has 2 aromatic rings. The molecular formula is C16H15ClN2O2. The summed E-state index contributed by atoms with van der Waals surface area (Å²) in [5, 5.41) is 7.15. The molecule has 1 amide bonds. The van der Waals surface area contributed by atoms with Gasteiger partial charge in [0.1, 0.15) is 0 Å². The first-order valence-electron chi connectivity index (χ1n) is 6.45. The standard InChI is InChI=1S/C16H15ClN2O2/c17-15-8-6-14(7-9-15)11-19-21-12-16(20)18-10-13-4-2-1-3-5-13/h1-9,11H,10,12H2,(H,18,20)/b19-11+. The van der Waals surface area contributed by atoms with E-state index in [1.165, 1.54) is 6.21 Å². The zero-order chi connectivity index (χ0) is 14.9. The number of nitrogens with one attached hydrogen (secondary N) is 1. The lowest BCUT2D eigenvalue weighted by atomic mass is 10.2. The highest BCUT2D eigenvalue weighted by molar-refractivity contribution is 6.30. The summed E-state index contributed by atoms with van der Waals surface area (Å²) >= 11 is 5.77. The number of oxime groups is 1. The van der Waals surface area contributed by atoms with E-state index in [0.717, 1.165) is 11.1 Å². The van der Waals surface area contributed by atoms with E-state index < -0.39 is 0 Å². The number of amides is 1. The number of benzene rings is 2. The van der Waals surface area contributed by atoms with Crippen LogP contribution in [-0.2, 0) is 16.2 Å². The van der Waals surface area contributed by atoms with Gasteiger partial charge in [0, 0.05) is 11.6 Å². The number of halogens is 1. The van der Waals surface area contributed by atoms with Crippen molar-refractivity contribution in [2.24, 2.45) is 5.16 Å². The van der Waals surface area contributed by atoms with Gasteiger partial charge in [-0.25, -0.2) is 0 Å². The molecule has 5 heteroatoms.